The number of ketones is 2. The van der Waals surface area contributed by atoms with Crippen LogP contribution < -0.4 is 0 Å². The average Bonchev–Trinajstić information content (AvgIpc) is 2.36. The molecule has 2 heteroatoms. The molecule has 0 aliphatic heterocycles. The molecule has 0 amide bonds. The van der Waals surface area contributed by atoms with Gasteiger partial charge in [-0.25, -0.2) is 0 Å². The summed E-state index contributed by atoms with van der Waals surface area (Å²) >= 11 is 0. The lowest BCUT2D eigenvalue weighted by Crippen LogP contribution is -2.31. The number of carbonyl (C=O) groups excluding carboxylic acids is 2. The van der Waals surface area contributed by atoms with Crippen molar-refractivity contribution in [2.75, 3.05) is 0 Å². The fourth-order valence-electron chi connectivity index (χ4n) is 2.50. The van der Waals surface area contributed by atoms with E-state index in [0.717, 1.165) is 32.1 Å². The molecular weight excluding hydrogens is 176 g/mol. The van der Waals surface area contributed by atoms with Gasteiger partial charge in [0.1, 0.15) is 5.78 Å². The molecule has 0 aromatic heterocycles. The van der Waals surface area contributed by atoms with Gasteiger partial charge in [0.15, 0.2) is 5.78 Å². The minimum absolute atomic E-state index is 0.174. The summed E-state index contributed by atoms with van der Waals surface area (Å²) in [6.07, 6.45) is 9.79. The van der Waals surface area contributed by atoms with Gasteiger partial charge in [-0.1, -0.05) is 18.9 Å². The normalized spacial score (nSPS) is 33.4. The first-order valence-electron chi connectivity index (χ1n) is 5.48. The summed E-state index contributed by atoms with van der Waals surface area (Å²) in [4.78, 5) is 23.0. The molecule has 2 rings (SSSR count). The Hall–Kier alpha value is -0.920. The zero-order chi connectivity index (χ0) is 10.0. The second kappa shape index (κ2) is 3.68. The molecule has 0 radical (unpaired) electrons. The Bertz CT molecular complexity index is 291. The van der Waals surface area contributed by atoms with E-state index in [4.69, 9.17) is 0 Å². The number of Topliss-reactive ketones (excluding diaryl/α,β-unsaturated/α-hetero) is 1. The van der Waals surface area contributed by atoms with Crippen molar-refractivity contribution in [3.05, 3.63) is 12.2 Å². The van der Waals surface area contributed by atoms with E-state index < -0.39 is 0 Å². The fourth-order valence-corrected chi connectivity index (χ4v) is 2.50. The molecule has 0 heterocycles. The molecule has 1 fully saturated rings. The van der Waals surface area contributed by atoms with Crippen molar-refractivity contribution in [2.24, 2.45) is 5.41 Å². The quantitative estimate of drug-likeness (QED) is 0.590. The van der Waals surface area contributed by atoms with Crippen molar-refractivity contribution in [1.82, 2.24) is 0 Å². The topological polar surface area (TPSA) is 34.1 Å². The van der Waals surface area contributed by atoms with E-state index in [9.17, 15) is 9.59 Å². The standard InChI is InChI=1S/C12H16O2/c13-10-5-8-12(9-6-10)7-3-1-2-4-11(12)14/h5,8H,1-4,6-7,9H2/t12-/m1/s1. The molecule has 1 saturated carbocycles. The molecular formula is C12H16O2. The summed E-state index contributed by atoms with van der Waals surface area (Å²) in [6.45, 7) is 0. The third kappa shape index (κ3) is 1.66. The molecule has 0 aromatic carbocycles. The summed E-state index contributed by atoms with van der Waals surface area (Å²) in [5, 5.41) is 0. The molecule has 0 bridgehead atoms. The third-order valence-electron chi connectivity index (χ3n) is 3.49. The SMILES string of the molecule is O=C1C=C[C@]2(CCCCCC2=O)CC1. The van der Waals surface area contributed by atoms with E-state index in [2.05, 4.69) is 0 Å². The minimum Gasteiger partial charge on any atom is -0.299 e. The second-order valence-corrected chi connectivity index (χ2v) is 4.44. The van der Waals surface area contributed by atoms with Gasteiger partial charge in [-0.05, 0) is 25.3 Å². The summed E-state index contributed by atoms with van der Waals surface area (Å²) in [6, 6.07) is 0. The van der Waals surface area contributed by atoms with Gasteiger partial charge in [0.2, 0.25) is 0 Å². The molecule has 0 unspecified atom stereocenters. The van der Waals surface area contributed by atoms with Crippen LogP contribution in [0, 0.1) is 5.41 Å². The Kier molecular flexibility index (Phi) is 2.53. The van der Waals surface area contributed by atoms with Gasteiger partial charge < -0.3 is 0 Å². The van der Waals surface area contributed by atoms with E-state index in [1.54, 1.807) is 6.08 Å². The van der Waals surface area contributed by atoms with E-state index in [-0.39, 0.29) is 11.2 Å². The zero-order valence-corrected chi connectivity index (χ0v) is 8.42. The first-order valence-corrected chi connectivity index (χ1v) is 5.48. The Balaban J connectivity index is 2.23. The number of carbonyl (C=O) groups is 2. The predicted molar refractivity (Wildman–Crippen MR) is 53.9 cm³/mol. The highest BCUT2D eigenvalue weighted by Crippen LogP contribution is 2.39. The van der Waals surface area contributed by atoms with Gasteiger partial charge in [0.25, 0.3) is 0 Å². The van der Waals surface area contributed by atoms with Crippen molar-refractivity contribution < 1.29 is 9.59 Å². The zero-order valence-electron chi connectivity index (χ0n) is 8.42. The van der Waals surface area contributed by atoms with Crippen LogP contribution in [0.2, 0.25) is 0 Å². The lowest BCUT2D eigenvalue weighted by molar-refractivity contribution is -0.127. The monoisotopic (exact) mass is 192 g/mol. The van der Waals surface area contributed by atoms with Gasteiger partial charge >= 0.3 is 0 Å². The van der Waals surface area contributed by atoms with E-state index >= 15 is 0 Å². The molecule has 0 saturated heterocycles. The van der Waals surface area contributed by atoms with Crippen LogP contribution in [0.3, 0.4) is 0 Å². The van der Waals surface area contributed by atoms with E-state index in [1.165, 1.54) is 0 Å². The highest BCUT2D eigenvalue weighted by molar-refractivity contribution is 5.95. The predicted octanol–water partition coefficient (Wildman–Crippen LogP) is 2.43. The summed E-state index contributed by atoms with van der Waals surface area (Å²) < 4.78 is 0. The van der Waals surface area contributed by atoms with Crippen LogP contribution in [-0.4, -0.2) is 11.6 Å². The van der Waals surface area contributed by atoms with Crippen LogP contribution in [0.4, 0.5) is 0 Å². The van der Waals surface area contributed by atoms with Crippen molar-refractivity contribution in [3.8, 4) is 0 Å². The highest BCUT2D eigenvalue weighted by Gasteiger charge is 2.37. The van der Waals surface area contributed by atoms with E-state index in [0.29, 0.717) is 18.6 Å². The van der Waals surface area contributed by atoms with E-state index in [1.807, 2.05) is 6.08 Å². The van der Waals surface area contributed by atoms with Crippen LogP contribution >= 0.6 is 0 Å². The van der Waals surface area contributed by atoms with Crippen molar-refractivity contribution >= 4 is 11.6 Å². The summed E-state index contributed by atoms with van der Waals surface area (Å²) in [5.41, 5.74) is -0.260. The Labute approximate surface area is 84.4 Å². The molecule has 2 aliphatic carbocycles. The van der Waals surface area contributed by atoms with Gasteiger partial charge in [0, 0.05) is 18.3 Å². The van der Waals surface area contributed by atoms with Crippen LogP contribution in [0.15, 0.2) is 12.2 Å². The number of allylic oxidation sites excluding steroid dienone is 2. The molecule has 1 atom stereocenters. The van der Waals surface area contributed by atoms with Crippen molar-refractivity contribution in [3.63, 3.8) is 0 Å². The average molecular weight is 192 g/mol. The molecule has 2 aliphatic rings. The Morgan fingerprint density at radius 1 is 1.00 bits per heavy atom. The number of hydrogen-bond acceptors (Lipinski definition) is 2. The first kappa shape index (κ1) is 9.63. The van der Waals surface area contributed by atoms with Crippen molar-refractivity contribution in [1.29, 1.82) is 0 Å². The molecule has 76 valence electrons. The minimum atomic E-state index is -0.260. The molecule has 2 nitrogen and oxygen atoms in total. The lowest BCUT2D eigenvalue weighted by Gasteiger charge is -2.29. The van der Waals surface area contributed by atoms with Crippen LogP contribution in [-0.2, 0) is 9.59 Å². The van der Waals surface area contributed by atoms with Gasteiger partial charge in [-0.2, -0.15) is 0 Å². The van der Waals surface area contributed by atoms with Gasteiger partial charge in [-0.3, -0.25) is 9.59 Å². The molecule has 0 N–H and O–H groups in total. The smallest absolute Gasteiger partial charge is 0.155 e. The van der Waals surface area contributed by atoms with Crippen molar-refractivity contribution in [2.45, 2.75) is 44.9 Å². The summed E-state index contributed by atoms with van der Waals surface area (Å²) in [5.74, 6) is 0.534. The second-order valence-electron chi connectivity index (χ2n) is 4.44. The molecule has 0 aromatic rings. The van der Waals surface area contributed by atoms with Gasteiger partial charge in [-0.15, -0.1) is 0 Å². The summed E-state index contributed by atoms with van der Waals surface area (Å²) in [7, 11) is 0. The van der Waals surface area contributed by atoms with Crippen LogP contribution in [0.5, 0.6) is 0 Å². The maximum Gasteiger partial charge on any atom is 0.155 e. The first-order chi connectivity index (χ1) is 6.73. The highest BCUT2D eigenvalue weighted by atomic mass is 16.1. The van der Waals surface area contributed by atoms with Crippen LogP contribution in [0.25, 0.3) is 0 Å². The Morgan fingerprint density at radius 2 is 1.86 bits per heavy atom. The molecule has 14 heavy (non-hydrogen) atoms. The molecule has 1 spiro atoms. The maximum atomic E-state index is 11.9. The van der Waals surface area contributed by atoms with Gasteiger partial charge in [0.05, 0.1) is 0 Å². The Morgan fingerprint density at radius 3 is 2.57 bits per heavy atom. The fraction of sp³-hybridized carbons (Fsp3) is 0.667. The third-order valence-corrected chi connectivity index (χ3v) is 3.49. The number of hydrogen-bond donors (Lipinski definition) is 0. The lowest BCUT2D eigenvalue weighted by atomic mass is 9.72. The van der Waals surface area contributed by atoms with Crippen LogP contribution in [0.1, 0.15) is 44.9 Å². The number of rotatable bonds is 0. The maximum absolute atomic E-state index is 11.9. The largest absolute Gasteiger partial charge is 0.299 e.